The van der Waals surface area contributed by atoms with E-state index in [1.165, 1.54) is 18.2 Å². The fraction of sp³-hybridized carbons (Fsp3) is 0. The lowest BCUT2D eigenvalue weighted by Gasteiger charge is -2.05. The Morgan fingerprint density at radius 2 is 2.00 bits per heavy atom. The second-order valence-corrected chi connectivity index (χ2v) is 3.85. The largest absolute Gasteiger partial charge is 0.321 e. The van der Waals surface area contributed by atoms with Crippen LogP contribution in [0.4, 0.5) is 14.5 Å². The number of hydrogen-bond acceptors (Lipinski definition) is 2. The Morgan fingerprint density at radius 3 is 2.61 bits per heavy atom. The molecule has 6 heteroatoms. The normalized spacial score (nSPS) is 10.2. The molecule has 1 heterocycles. The van der Waals surface area contributed by atoms with Gasteiger partial charge in [0.25, 0.3) is 5.91 Å². The molecule has 18 heavy (non-hydrogen) atoms. The molecule has 0 saturated heterocycles. The standard InChI is InChI=1S/C12H7ClF2N2O/c13-9-3-2-8(5-10(9)15)17-12(18)11-4-1-7(14)6-16-11/h1-6H,(H,17,18). The number of nitrogens with zero attached hydrogens (tertiary/aromatic N) is 1. The zero-order valence-electron chi connectivity index (χ0n) is 8.95. The van der Waals surface area contributed by atoms with Crippen LogP contribution in [0, 0.1) is 11.6 Å². The molecule has 3 nitrogen and oxygen atoms in total. The minimum Gasteiger partial charge on any atom is -0.321 e. The monoisotopic (exact) mass is 268 g/mol. The Bertz CT molecular complexity index is 587. The lowest BCUT2D eigenvalue weighted by molar-refractivity contribution is 0.102. The van der Waals surface area contributed by atoms with Gasteiger partial charge in [-0.25, -0.2) is 13.8 Å². The molecule has 0 fully saturated rings. The summed E-state index contributed by atoms with van der Waals surface area (Å²) >= 11 is 5.51. The first-order valence-corrected chi connectivity index (χ1v) is 5.32. The van der Waals surface area contributed by atoms with Crippen LogP contribution in [0.2, 0.25) is 5.02 Å². The summed E-state index contributed by atoms with van der Waals surface area (Å²) in [6, 6.07) is 6.21. The van der Waals surface area contributed by atoms with Crippen molar-refractivity contribution >= 4 is 23.2 Å². The van der Waals surface area contributed by atoms with Gasteiger partial charge in [0, 0.05) is 5.69 Å². The van der Waals surface area contributed by atoms with Gasteiger partial charge in [-0.2, -0.15) is 0 Å². The van der Waals surface area contributed by atoms with E-state index in [9.17, 15) is 13.6 Å². The van der Waals surface area contributed by atoms with E-state index < -0.39 is 17.5 Å². The van der Waals surface area contributed by atoms with E-state index in [1.54, 1.807) is 0 Å². The quantitative estimate of drug-likeness (QED) is 0.908. The zero-order chi connectivity index (χ0) is 13.1. The van der Waals surface area contributed by atoms with Gasteiger partial charge in [0.05, 0.1) is 11.2 Å². The second kappa shape index (κ2) is 5.10. The molecule has 2 aromatic rings. The van der Waals surface area contributed by atoms with Gasteiger partial charge in [-0.15, -0.1) is 0 Å². The molecule has 1 aromatic carbocycles. The first-order valence-electron chi connectivity index (χ1n) is 4.94. The molecule has 0 aliphatic heterocycles. The van der Waals surface area contributed by atoms with E-state index in [0.29, 0.717) is 0 Å². The summed E-state index contributed by atoms with van der Waals surface area (Å²) in [5.74, 6) is -1.73. The van der Waals surface area contributed by atoms with Crippen LogP contribution in [0.3, 0.4) is 0 Å². The van der Waals surface area contributed by atoms with Crippen LogP contribution in [0.1, 0.15) is 10.5 Å². The molecule has 2 rings (SSSR count). The van der Waals surface area contributed by atoms with Crippen LogP contribution >= 0.6 is 11.6 Å². The first-order chi connectivity index (χ1) is 8.56. The number of benzene rings is 1. The number of pyridine rings is 1. The van der Waals surface area contributed by atoms with E-state index >= 15 is 0 Å². The van der Waals surface area contributed by atoms with E-state index in [2.05, 4.69) is 10.3 Å². The molecular formula is C12H7ClF2N2O. The first kappa shape index (κ1) is 12.4. The molecule has 0 aliphatic carbocycles. The molecular weight excluding hydrogens is 262 g/mol. The van der Waals surface area contributed by atoms with Crippen molar-refractivity contribution in [3.05, 3.63) is 58.9 Å². The molecule has 1 aromatic heterocycles. The van der Waals surface area contributed by atoms with Gasteiger partial charge >= 0.3 is 0 Å². The molecule has 0 aliphatic rings. The third-order valence-corrected chi connectivity index (χ3v) is 2.44. The summed E-state index contributed by atoms with van der Waals surface area (Å²) in [6.07, 6.45) is 0.928. The fourth-order valence-electron chi connectivity index (χ4n) is 1.28. The number of anilines is 1. The van der Waals surface area contributed by atoms with Crippen LogP contribution in [-0.2, 0) is 0 Å². The SMILES string of the molecule is O=C(Nc1ccc(Cl)c(F)c1)c1ccc(F)cn1. The summed E-state index contributed by atoms with van der Waals surface area (Å²) in [7, 11) is 0. The second-order valence-electron chi connectivity index (χ2n) is 3.44. The van der Waals surface area contributed by atoms with E-state index in [4.69, 9.17) is 11.6 Å². The smallest absolute Gasteiger partial charge is 0.274 e. The third kappa shape index (κ3) is 2.81. The van der Waals surface area contributed by atoms with E-state index in [1.807, 2.05) is 0 Å². The molecule has 92 valence electrons. The van der Waals surface area contributed by atoms with Crippen molar-refractivity contribution in [3.8, 4) is 0 Å². The lowest BCUT2D eigenvalue weighted by Crippen LogP contribution is -2.13. The van der Waals surface area contributed by atoms with Crippen molar-refractivity contribution in [1.82, 2.24) is 4.98 Å². The predicted octanol–water partition coefficient (Wildman–Crippen LogP) is 3.27. The van der Waals surface area contributed by atoms with Crippen molar-refractivity contribution in [2.24, 2.45) is 0 Å². The summed E-state index contributed by atoms with van der Waals surface area (Å²) in [5, 5.41) is 2.39. The Balaban J connectivity index is 2.16. The zero-order valence-corrected chi connectivity index (χ0v) is 9.71. The highest BCUT2D eigenvalue weighted by atomic mass is 35.5. The van der Waals surface area contributed by atoms with Crippen molar-refractivity contribution < 1.29 is 13.6 Å². The highest BCUT2D eigenvalue weighted by molar-refractivity contribution is 6.30. The summed E-state index contributed by atoms with van der Waals surface area (Å²) in [6.45, 7) is 0. The molecule has 1 amide bonds. The topological polar surface area (TPSA) is 42.0 Å². The number of rotatable bonds is 2. The van der Waals surface area contributed by atoms with Crippen LogP contribution < -0.4 is 5.32 Å². The summed E-state index contributed by atoms with van der Waals surface area (Å²) in [4.78, 5) is 15.3. The maximum absolute atomic E-state index is 13.1. The minimum atomic E-state index is -0.637. The number of aromatic nitrogens is 1. The molecule has 0 bridgehead atoms. The Labute approximate surface area is 106 Å². The van der Waals surface area contributed by atoms with Gasteiger partial charge in [-0.05, 0) is 30.3 Å². The van der Waals surface area contributed by atoms with Gasteiger partial charge in [-0.3, -0.25) is 4.79 Å². The maximum atomic E-state index is 13.1. The van der Waals surface area contributed by atoms with Gasteiger partial charge in [0.2, 0.25) is 0 Å². The average Bonchev–Trinajstić information content (AvgIpc) is 2.34. The maximum Gasteiger partial charge on any atom is 0.274 e. The van der Waals surface area contributed by atoms with Crippen molar-refractivity contribution in [3.63, 3.8) is 0 Å². The highest BCUT2D eigenvalue weighted by Crippen LogP contribution is 2.19. The van der Waals surface area contributed by atoms with Crippen molar-refractivity contribution in [2.45, 2.75) is 0 Å². The van der Waals surface area contributed by atoms with Gasteiger partial charge < -0.3 is 5.32 Å². The number of nitrogens with one attached hydrogen (secondary N) is 1. The number of carbonyl (C=O) groups excluding carboxylic acids is 1. The molecule has 0 spiro atoms. The lowest BCUT2D eigenvalue weighted by atomic mass is 10.3. The van der Waals surface area contributed by atoms with Gasteiger partial charge in [-0.1, -0.05) is 11.6 Å². The summed E-state index contributed by atoms with van der Waals surface area (Å²) < 4.78 is 25.8. The average molecular weight is 269 g/mol. The Morgan fingerprint density at radius 1 is 1.22 bits per heavy atom. The van der Waals surface area contributed by atoms with Crippen molar-refractivity contribution in [2.75, 3.05) is 5.32 Å². The molecule has 1 N–H and O–H groups in total. The van der Waals surface area contributed by atoms with Gasteiger partial charge in [0.1, 0.15) is 17.3 Å². The third-order valence-electron chi connectivity index (χ3n) is 2.14. The van der Waals surface area contributed by atoms with Crippen molar-refractivity contribution in [1.29, 1.82) is 0 Å². The molecule has 0 atom stereocenters. The molecule has 0 radical (unpaired) electrons. The van der Waals surface area contributed by atoms with Crippen LogP contribution in [0.15, 0.2) is 36.5 Å². The van der Waals surface area contributed by atoms with E-state index in [0.717, 1.165) is 18.3 Å². The number of halogens is 3. The molecule has 0 saturated carbocycles. The predicted molar refractivity (Wildman–Crippen MR) is 63.6 cm³/mol. The number of hydrogen-bond donors (Lipinski definition) is 1. The Kier molecular flexibility index (Phi) is 3.53. The summed E-state index contributed by atoms with van der Waals surface area (Å²) in [5.41, 5.74) is 0.278. The van der Waals surface area contributed by atoms with Crippen LogP contribution in [0.5, 0.6) is 0 Å². The Hall–Kier alpha value is -2.01. The van der Waals surface area contributed by atoms with Crippen LogP contribution in [0.25, 0.3) is 0 Å². The van der Waals surface area contributed by atoms with Gasteiger partial charge in [0.15, 0.2) is 0 Å². The highest BCUT2D eigenvalue weighted by Gasteiger charge is 2.09. The van der Waals surface area contributed by atoms with E-state index in [-0.39, 0.29) is 16.4 Å². The fourth-order valence-corrected chi connectivity index (χ4v) is 1.40. The molecule has 0 unspecified atom stereocenters. The van der Waals surface area contributed by atoms with Crippen LogP contribution in [-0.4, -0.2) is 10.9 Å². The number of amides is 1. The minimum absolute atomic E-state index is 0.0340. The number of carbonyl (C=O) groups is 1.